The maximum absolute atomic E-state index is 6.11. The van der Waals surface area contributed by atoms with Crippen molar-refractivity contribution in [2.75, 3.05) is 0 Å². The molecule has 1 heterocycles. The summed E-state index contributed by atoms with van der Waals surface area (Å²) in [4.78, 5) is 0. The minimum absolute atomic E-state index is 0.294. The lowest BCUT2D eigenvalue weighted by molar-refractivity contribution is 0.358. The number of nitrogens with two attached hydrogens (primary N) is 1. The number of rotatable bonds is 1. The molecule has 1 aromatic rings. The average molecular weight is 179 g/mol. The number of aromatic nitrogens is 2. The van der Waals surface area contributed by atoms with Crippen LogP contribution in [0.4, 0.5) is 0 Å². The van der Waals surface area contributed by atoms with Crippen LogP contribution in [0.2, 0.25) is 0 Å². The highest BCUT2D eigenvalue weighted by molar-refractivity contribution is 4.87. The molecule has 1 fully saturated rings. The molecule has 0 radical (unpaired) electrons. The van der Waals surface area contributed by atoms with E-state index in [1.165, 1.54) is 25.7 Å². The Kier molecular flexibility index (Phi) is 2.64. The zero-order valence-electron chi connectivity index (χ0n) is 7.89. The fraction of sp³-hybridized carbons (Fsp3) is 0.700. The van der Waals surface area contributed by atoms with Gasteiger partial charge in [0.25, 0.3) is 0 Å². The Labute approximate surface area is 78.9 Å². The predicted molar refractivity (Wildman–Crippen MR) is 52.3 cm³/mol. The summed E-state index contributed by atoms with van der Waals surface area (Å²) < 4.78 is 2.02. The van der Waals surface area contributed by atoms with Crippen LogP contribution in [0.15, 0.2) is 18.5 Å². The van der Waals surface area contributed by atoms with Gasteiger partial charge >= 0.3 is 0 Å². The Morgan fingerprint density at radius 2 is 2.08 bits per heavy atom. The van der Waals surface area contributed by atoms with Gasteiger partial charge in [-0.2, -0.15) is 5.10 Å². The first-order valence-electron chi connectivity index (χ1n) is 5.12. The molecule has 0 saturated heterocycles. The van der Waals surface area contributed by atoms with Crippen LogP contribution in [-0.4, -0.2) is 15.8 Å². The van der Waals surface area contributed by atoms with E-state index in [4.69, 9.17) is 5.73 Å². The monoisotopic (exact) mass is 179 g/mol. The van der Waals surface area contributed by atoms with Crippen LogP contribution in [0.3, 0.4) is 0 Å². The summed E-state index contributed by atoms with van der Waals surface area (Å²) in [6.07, 6.45) is 10.1. The fourth-order valence-electron chi connectivity index (χ4n) is 2.12. The number of nitrogens with zero attached hydrogens (tertiary/aromatic N) is 2. The summed E-state index contributed by atoms with van der Waals surface area (Å²) in [5.41, 5.74) is 6.11. The third-order valence-electron chi connectivity index (χ3n) is 2.90. The summed E-state index contributed by atoms with van der Waals surface area (Å²) in [6.45, 7) is 0. The van der Waals surface area contributed by atoms with Crippen molar-refractivity contribution in [1.82, 2.24) is 9.78 Å². The van der Waals surface area contributed by atoms with Crippen molar-refractivity contribution in [2.24, 2.45) is 5.73 Å². The molecule has 72 valence electrons. The zero-order valence-corrected chi connectivity index (χ0v) is 7.89. The second-order valence-corrected chi connectivity index (χ2v) is 3.86. The minimum Gasteiger partial charge on any atom is -0.326 e. The molecule has 3 nitrogen and oxygen atoms in total. The Bertz CT molecular complexity index is 243. The molecule has 1 aliphatic rings. The van der Waals surface area contributed by atoms with Gasteiger partial charge in [-0.05, 0) is 18.9 Å². The molecule has 0 aromatic carbocycles. The molecule has 1 aliphatic carbocycles. The van der Waals surface area contributed by atoms with Crippen LogP contribution in [0.5, 0.6) is 0 Å². The summed E-state index contributed by atoms with van der Waals surface area (Å²) >= 11 is 0. The standard InChI is InChI=1S/C10H17N3/c11-9-5-2-1-3-6-10(9)13-8-4-7-12-13/h4,7-10H,1-3,5-6,11H2. The van der Waals surface area contributed by atoms with Gasteiger partial charge in [0.2, 0.25) is 0 Å². The van der Waals surface area contributed by atoms with Crippen molar-refractivity contribution in [3.63, 3.8) is 0 Å². The van der Waals surface area contributed by atoms with Crippen molar-refractivity contribution < 1.29 is 0 Å². The van der Waals surface area contributed by atoms with E-state index in [-0.39, 0.29) is 0 Å². The van der Waals surface area contributed by atoms with Crippen LogP contribution in [0.25, 0.3) is 0 Å². The van der Waals surface area contributed by atoms with Gasteiger partial charge in [0.15, 0.2) is 0 Å². The van der Waals surface area contributed by atoms with Crippen LogP contribution in [0, 0.1) is 0 Å². The van der Waals surface area contributed by atoms with E-state index in [2.05, 4.69) is 5.10 Å². The summed E-state index contributed by atoms with van der Waals surface area (Å²) in [5, 5.41) is 4.27. The molecule has 0 bridgehead atoms. The Morgan fingerprint density at radius 3 is 2.85 bits per heavy atom. The van der Waals surface area contributed by atoms with Gasteiger partial charge in [0.05, 0.1) is 6.04 Å². The molecule has 2 atom stereocenters. The highest BCUT2D eigenvalue weighted by Crippen LogP contribution is 2.25. The molecule has 3 heteroatoms. The normalized spacial score (nSPS) is 29.9. The first-order chi connectivity index (χ1) is 6.38. The van der Waals surface area contributed by atoms with E-state index in [1.54, 1.807) is 0 Å². The van der Waals surface area contributed by atoms with Crippen LogP contribution >= 0.6 is 0 Å². The third-order valence-corrected chi connectivity index (χ3v) is 2.90. The van der Waals surface area contributed by atoms with Gasteiger partial charge in [-0.15, -0.1) is 0 Å². The second-order valence-electron chi connectivity index (χ2n) is 3.86. The zero-order chi connectivity index (χ0) is 9.10. The van der Waals surface area contributed by atoms with Crippen molar-refractivity contribution in [2.45, 2.75) is 44.2 Å². The molecule has 1 aromatic heterocycles. The summed E-state index contributed by atoms with van der Waals surface area (Å²) in [5.74, 6) is 0. The quantitative estimate of drug-likeness (QED) is 0.667. The number of hydrogen-bond donors (Lipinski definition) is 1. The van der Waals surface area contributed by atoms with Gasteiger partial charge in [0.1, 0.15) is 0 Å². The van der Waals surface area contributed by atoms with Crippen molar-refractivity contribution in [1.29, 1.82) is 0 Å². The Morgan fingerprint density at radius 1 is 1.23 bits per heavy atom. The smallest absolute Gasteiger partial charge is 0.0670 e. The predicted octanol–water partition coefficient (Wildman–Crippen LogP) is 1.72. The highest BCUT2D eigenvalue weighted by atomic mass is 15.3. The molecule has 0 aliphatic heterocycles. The van der Waals surface area contributed by atoms with E-state index in [0.29, 0.717) is 12.1 Å². The van der Waals surface area contributed by atoms with E-state index in [0.717, 1.165) is 6.42 Å². The van der Waals surface area contributed by atoms with Gasteiger partial charge in [-0.25, -0.2) is 0 Å². The average Bonchev–Trinajstić information content (AvgIpc) is 2.56. The van der Waals surface area contributed by atoms with E-state index < -0.39 is 0 Å². The van der Waals surface area contributed by atoms with E-state index in [1.807, 2.05) is 23.1 Å². The lowest BCUT2D eigenvalue weighted by Gasteiger charge is -2.21. The summed E-state index contributed by atoms with van der Waals surface area (Å²) in [7, 11) is 0. The van der Waals surface area contributed by atoms with Crippen molar-refractivity contribution in [3.05, 3.63) is 18.5 Å². The molecule has 2 rings (SSSR count). The molecule has 13 heavy (non-hydrogen) atoms. The molecule has 0 amide bonds. The summed E-state index contributed by atoms with van der Waals surface area (Å²) in [6, 6.07) is 2.69. The molecule has 0 spiro atoms. The molecular formula is C10H17N3. The molecule has 2 N–H and O–H groups in total. The Balaban J connectivity index is 2.11. The molecule has 2 unspecified atom stereocenters. The van der Waals surface area contributed by atoms with Gasteiger partial charge in [-0.1, -0.05) is 19.3 Å². The third kappa shape index (κ3) is 1.91. The molecular weight excluding hydrogens is 162 g/mol. The van der Waals surface area contributed by atoms with Gasteiger partial charge in [-0.3, -0.25) is 4.68 Å². The first kappa shape index (κ1) is 8.75. The largest absolute Gasteiger partial charge is 0.326 e. The SMILES string of the molecule is NC1CCCCCC1n1cccn1. The highest BCUT2D eigenvalue weighted by Gasteiger charge is 2.21. The van der Waals surface area contributed by atoms with Crippen LogP contribution in [0.1, 0.15) is 38.1 Å². The lowest BCUT2D eigenvalue weighted by atomic mass is 10.0. The minimum atomic E-state index is 0.294. The van der Waals surface area contributed by atoms with E-state index in [9.17, 15) is 0 Å². The fourth-order valence-corrected chi connectivity index (χ4v) is 2.12. The lowest BCUT2D eigenvalue weighted by Crippen LogP contribution is -2.31. The first-order valence-corrected chi connectivity index (χ1v) is 5.12. The van der Waals surface area contributed by atoms with Crippen LogP contribution < -0.4 is 5.73 Å². The Hall–Kier alpha value is -0.830. The van der Waals surface area contributed by atoms with Gasteiger partial charge in [0, 0.05) is 18.4 Å². The maximum Gasteiger partial charge on any atom is 0.0670 e. The second kappa shape index (κ2) is 3.92. The van der Waals surface area contributed by atoms with Gasteiger partial charge < -0.3 is 5.73 Å². The topological polar surface area (TPSA) is 43.8 Å². The van der Waals surface area contributed by atoms with Crippen molar-refractivity contribution in [3.8, 4) is 0 Å². The molecule has 1 saturated carbocycles. The number of hydrogen-bond acceptors (Lipinski definition) is 2. The maximum atomic E-state index is 6.11. The van der Waals surface area contributed by atoms with E-state index >= 15 is 0 Å². The van der Waals surface area contributed by atoms with Crippen LogP contribution in [-0.2, 0) is 0 Å². The van der Waals surface area contributed by atoms with Crippen molar-refractivity contribution >= 4 is 0 Å².